The third-order valence-corrected chi connectivity index (χ3v) is 2.78. The average molecular weight is 235 g/mol. The molecule has 0 amide bonds. The lowest BCUT2D eigenvalue weighted by Gasteiger charge is -2.01. The highest BCUT2D eigenvalue weighted by Crippen LogP contribution is 2.11. The molecule has 1 heteroatoms. The van der Waals surface area contributed by atoms with Crippen LogP contribution in [0.3, 0.4) is 0 Å². The molecule has 0 unspecified atom stereocenters. The van der Waals surface area contributed by atoms with Gasteiger partial charge in [0.25, 0.3) is 0 Å². The van der Waals surface area contributed by atoms with E-state index in [1.54, 1.807) is 0 Å². The molecule has 0 aliphatic carbocycles. The van der Waals surface area contributed by atoms with Gasteiger partial charge in [-0.05, 0) is 66.3 Å². The van der Waals surface area contributed by atoms with Crippen molar-refractivity contribution < 1.29 is 0 Å². The van der Waals surface area contributed by atoms with E-state index in [1.807, 2.05) is 0 Å². The van der Waals surface area contributed by atoms with Crippen LogP contribution in [0, 0.1) is 0 Å². The van der Waals surface area contributed by atoms with Crippen LogP contribution in [0.1, 0.15) is 59.8 Å². The summed E-state index contributed by atoms with van der Waals surface area (Å²) in [6, 6.07) is 0. The predicted molar refractivity (Wildman–Crippen MR) is 79.1 cm³/mol. The van der Waals surface area contributed by atoms with E-state index >= 15 is 0 Å². The SMILES string of the molecule is CC(C)=CCC/C(C)=C\CC/C(C)=C/CCN. The molecule has 0 aliphatic heterocycles. The fourth-order valence-electron chi connectivity index (χ4n) is 1.67. The van der Waals surface area contributed by atoms with Crippen LogP contribution < -0.4 is 5.73 Å². The third-order valence-electron chi connectivity index (χ3n) is 2.78. The van der Waals surface area contributed by atoms with Gasteiger partial charge < -0.3 is 5.73 Å². The van der Waals surface area contributed by atoms with E-state index < -0.39 is 0 Å². The van der Waals surface area contributed by atoms with Crippen molar-refractivity contribution >= 4 is 0 Å². The van der Waals surface area contributed by atoms with Gasteiger partial charge in [-0.1, -0.05) is 34.9 Å². The first kappa shape index (κ1) is 16.2. The van der Waals surface area contributed by atoms with Crippen molar-refractivity contribution in [3.63, 3.8) is 0 Å². The van der Waals surface area contributed by atoms with Crippen LogP contribution in [0.4, 0.5) is 0 Å². The molecule has 0 saturated carbocycles. The van der Waals surface area contributed by atoms with Crippen molar-refractivity contribution in [3.05, 3.63) is 34.9 Å². The summed E-state index contributed by atoms with van der Waals surface area (Å²) in [5.74, 6) is 0. The molecule has 0 fully saturated rings. The van der Waals surface area contributed by atoms with Crippen LogP contribution >= 0.6 is 0 Å². The van der Waals surface area contributed by atoms with E-state index in [1.165, 1.54) is 36.0 Å². The highest BCUT2D eigenvalue weighted by molar-refractivity contribution is 5.05. The highest BCUT2D eigenvalue weighted by atomic mass is 14.5. The Morgan fingerprint density at radius 1 is 0.765 bits per heavy atom. The second-order valence-corrected chi connectivity index (χ2v) is 5.04. The number of nitrogens with two attached hydrogens (primary N) is 1. The number of hydrogen-bond acceptors (Lipinski definition) is 1. The molecule has 0 saturated heterocycles. The van der Waals surface area contributed by atoms with Crippen LogP contribution in [0.2, 0.25) is 0 Å². The first-order valence-electron chi connectivity index (χ1n) is 6.71. The van der Waals surface area contributed by atoms with Crippen molar-refractivity contribution in [2.24, 2.45) is 5.73 Å². The molecule has 0 atom stereocenters. The molecular weight excluding hydrogens is 206 g/mol. The molecule has 0 aromatic carbocycles. The molecule has 0 heterocycles. The number of rotatable bonds is 8. The van der Waals surface area contributed by atoms with Crippen molar-refractivity contribution in [2.45, 2.75) is 59.8 Å². The molecule has 0 spiro atoms. The van der Waals surface area contributed by atoms with Gasteiger partial charge in [0.1, 0.15) is 0 Å². The zero-order chi connectivity index (χ0) is 13.1. The van der Waals surface area contributed by atoms with Gasteiger partial charge in [-0.3, -0.25) is 0 Å². The monoisotopic (exact) mass is 235 g/mol. The molecule has 0 aromatic rings. The Balaban J connectivity index is 3.80. The first-order valence-corrected chi connectivity index (χ1v) is 6.71. The van der Waals surface area contributed by atoms with Gasteiger partial charge in [-0.2, -0.15) is 0 Å². The normalized spacial score (nSPS) is 12.8. The summed E-state index contributed by atoms with van der Waals surface area (Å²) in [6.07, 6.45) is 12.6. The molecule has 0 bridgehead atoms. The fraction of sp³-hybridized carbons (Fsp3) is 0.625. The largest absolute Gasteiger partial charge is 0.330 e. The summed E-state index contributed by atoms with van der Waals surface area (Å²) < 4.78 is 0. The number of hydrogen-bond donors (Lipinski definition) is 1. The van der Waals surface area contributed by atoms with E-state index in [4.69, 9.17) is 5.73 Å². The zero-order valence-electron chi connectivity index (χ0n) is 12.1. The van der Waals surface area contributed by atoms with Crippen molar-refractivity contribution in [2.75, 3.05) is 6.54 Å². The summed E-state index contributed by atoms with van der Waals surface area (Å²) in [5.41, 5.74) is 9.86. The van der Waals surface area contributed by atoms with Crippen LogP contribution in [-0.4, -0.2) is 6.54 Å². The van der Waals surface area contributed by atoms with Gasteiger partial charge >= 0.3 is 0 Å². The fourth-order valence-corrected chi connectivity index (χ4v) is 1.67. The molecule has 1 nitrogen and oxygen atoms in total. The lowest BCUT2D eigenvalue weighted by atomic mass is 10.1. The lowest BCUT2D eigenvalue weighted by molar-refractivity contribution is 0.905. The standard InChI is InChI=1S/C16H29N/c1-14(2)8-5-9-15(3)10-6-11-16(4)12-7-13-17/h8,10,12H,5-7,9,11,13,17H2,1-4H3/b15-10-,16-12+. The molecule has 0 rings (SSSR count). The summed E-state index contributed by atoms with van der Waals surface area (Å²) in [7, 11) is 0. The van der Waals surface area contributed by atoms with E-state index in [0.717, 1.165) is 19.4 Å². The number of allylic oxidation sites excluding steroid dienone is 5. The van der Waals surface area contributed by atoms with Crippen LogP contribution in [0.5, 0.6) is 0 Å². The Hall–Kier alpha value is -0.820. The summed E-state index contributed by atoms with van der Waals surface area (Å²) >= 11 is 0. The topological polar surface area (TPSA) is 26.0 Å². The maximum Gasteiger partial charge on any atom is -0.00425 e. The first-order chi connectivity index (χ1) is 8.06. The van der Waals surface area contributed by atoms with Crippen LogP contribution in [0.25, 0.3) is 0 Å². The molecule has 0 aromatic heterocycles. The summed E-state index contributed by atoms with van der Waals surface area (Å²) in [5, 5.41) is 0. The molecule has 98 valence electrons. The third kappa shape index (κ3) is 11.4. The van der Waals surface area contributed by atoms with Gasteiger partial charge in [0, 0.05) is 0 Å². The second-order valence-electron chi connectivity index (χ2n) is 5.04. The Kier molecular flexibility index (Phi) is 9.84. The minimum atomic E-state index is 0.759. The molecule has 2 N–H and O–H groups in total. The Morgan fingerprint density at radius 3 is 1.71 bits per heavy atom. The maximum atomic E-state index is 5.47. The smallest absolute Gasteiger partial charge is 0.00425 e. The van der Waals surface area contributed by atoms with Crippen LogP contribution in [0.15, 0.2) is 34.9 Å². The van der Waals surface area contributed by atoms with E-state index in [9.17, 15) is 0 Å². The quantitative estimate of drug-likeness (QED) is 0.603. The van der Waals surface area contributed by atoms with Crippen LogP contribution in [-0.2, 0) is 0 Å². The van der Waals surface area contributed by atoms with Crippen molar-refractivity contribution in [1.82, 2.24) is 0 Å². The van der Waals surface area contributed by atoms with Gasteiger partial charge in [-0.25, -0.2) is 0 Å². The van der Waals surface area contributed by atoms with Crippen molar-refractivity contribution in [3.8, 4) is 0 Å². The maximum absolute atomic E-state index is 5.47. The second kappa shape index (κ2) is 10.3. The van der Waals surface area contributed by atoms with Gasteiger partial charge in [-0.15, -0.1) is 0 Å². The molecule has 0 aliphatic rings. The van der Waals surface area contributed by atoms with Gasteiger partial charge in [0.05, 0.1) is 0 Å². The molecular formula is C16H29N. The highest BCUT2D eigenvalue weighted by Gasteiger charge is 1.91. The minimum Gasteiger partial charge on any atom is -0.330 e. The van der Waals surface area contributed by atoms with E-state index in [0.29, 0.717) is 0 Å². The van der Waals surface area contributed by atoms with Gasteiger partial charge in [0.15, 0.2) is 0 Å². The average Bonchev–Trinajstić information content (AvgIpc) is 2.25. The zero-order valence-corrected chi connectivity index (χ0v) is 12.1. The summed E-state index contributed by atoms with van der Waals surface area (Å²) in [4.78, 5) is 0. The van der Waals surface area contributed by atoms with Gasteiger partial charge in [0.2, 0.25) is 0 Å². The van der Waals surface area contributed by atoms with E-state index in [-0.39, 0.29) is 0 Å². The van der Waals surface area contributed by atoms with E-state index in [2.05, 4.69) is 45.9 Å². The minimum absolute atomic E-state index is 0.759. The lowest BCUT2D eigenvalue weighted by Crippen LogP contribution is -1.95. The van der Waals surface area contributed by atoms with Crippen molar-refractivity contribution in [1.29, 1.82) is 0 Å². The Labute approximate surface area is 107 Å². The molecule has 0 radical (unpaired) electrons. The Bertz CT molecular complexity index is 278. The summed E-state index contributed by atoms with van der Waals surface area (Å²) in [6.45, 7) is 9.50. The predicted octanol–water partition coefficient (Wildman–Crippen LogP) is 4.75. The Morgan fingerprint density at radius 2 is 1.24 bits per heavy atom. The molecule has 17 heavy (non-hydrogen) atoms.